The number of hydrogen-bond acceptors (Lipinski definition) is 2. The molecule has 1 aromatic rings. The fraction of sp³-hybridized carbons (Fsp3) is 0.100. The summed E-state index contributed by atoms with van der Waals surface area (Å²) in [6, 6.07) is 7.01. The molecule has 0 aliphatic carbocycles. The highest BCUT2D eigenvalue weighted by molar-refractivity contribution is 6.30. The number of anilines is 1. The van der Waals surface area contributed by atoms with Crippen molar-refractivity contribution in [1.82, 2.24) is 0 Å². The first kappa shape index (κ1) is 10.6. The predicted octanol–water partition coefficient (Wildman–Crippen LogP) is 2.39. The summed E-state index contributed by atoms with van der Waals surface area (Å²) in [5.74, 6) is -0.994. The van der Waals surface area contributed by atoms with Crippen molar-refractivity contribution in [2.75, 3.05) is 11.9 Å². The van der Waals surface area contributed by atoms with Crippen molar-refractivity contribution in [1.29, 1.82) is 0 Å². The van der Waals surface area contributed by atoms with Gasteiger partial charge in [0.1, 0.15) is 0 Å². The van der Waals surface area contributed by atoms with Crippen molar-refractivity contribution in [3.63, 3.8) is 0 Å². The van der Waals surface area contributed by atoms with E-state index in [0.717, 1.165) is 5.69 Å². The number of nitrogens with one attached hydrogen (secondary N) is 1. The third-order valence-electron chi connectivity index (χ3n) is 1.65. The molecule has 74 valence electrons. The summed E-state index contributed by atoms with van der Waals surface area (Å²) in [6.45, 7) is 3.62. The van der Waals surface area contributed by atoms with Crippen LogP contribution in [0.25, 0.3) is 0 Å². The third kappa shape index (κ3) is 3.11. The average molecular weight is 212 g/mol. The van der Waals surface area contributed by atoms with E-state index in [2.05, 4.69) is 11.9 Å². The molecule has 0 spiro atoms. The first-order valence-electron chi connectivity index (χ1n) is 4.00. The highest BCUT2D eigenvalue weighted by Crippen LogP contribution is 2.13. The number of aliphatic carboxylic acids is 1. The summed E-state index contributed by atoms with van der Waals surface area (Å²) in [5, 5.41) is 12.1. The lowest BCUT2D eigenvalue weighted by Crippen LogP contribution is -2.10. The minimum atomic E-state index is -0.994. The van der Waals surface area contributed by atoms with Crippen LogP contribution in [0, 0.1) is 0 Å². The number of halogens is 1. The number of rotatable bonds is 4. The quantitative estimate of drug-likeness (QED) is 0.752. The summed E-state index contributed by atoms with van der Waals surface area (Å²) in [7, 11) is 0. The maximum atomic E-state index is 10.4. The highest BCUT2D eigenvalue weighted by atomic mass is 35.5. The molecule has 0 amide bonds. The number of benzene rings is 1. The second-order valence-corrected chi connectivity index (χ2v) is 3.21. The minimum Gasteiger partial charge on any atom is -0.478 e. The molecule has 0 heterocycles. The Hall–Kier alpha value is -1.48. The monoisotopic (exact) mass is 211 g/mol. The van der Waals surface area contributed by atoms with Crippen molar-refractivity contribution < 1.29 is 9.90 Å². The lowest BCUT2D eigenvalue weighted by Gasteiger charge is -2.05. The first-order valence-corrected chi connectivity index (χ1v) is 4.38. The number of hydrogen-bond donors (Lipinski definition) is 2. The molecule has 0 bridgehead atoms. The molecule has 3 nitrogen and oxygen atoms in total. The lowest BCUT2D eigenvalue weighted by molar-refractivity contribution is -0.132. The van der Waals surface area contributed by atoms with Gasteiger partial charge >= 0.3 is 5.97 Å². The van der Waals surface area contributed by atoms with Gasteiger partial charge in [0.05, 0.1) is 0 Å². The fourth-order valence-corrected chi connectivity index (χ4v) is 0.978. The zero-order chi connectivity index (χ0) is 10.6. The summed E-state index contributed by atoms with van der Waals surface area (Å²) in [4.78, 5) is 10.4. The van der Waals surface area contributed by atoms with Gasteiger partial charge in [-0.15, -0.1) is 0 Å². The minimum absolute atomic E-state index is 0.125. The van der Waals surface area contributed by atoms with Crippen LogP contribution in [0.1, 0.15) is 0 Å². The van der Waals surface area contributed by atoms with E-state index in [9.17, 15) is 4.79 Å². The fourth-order valence-electron chi connectivity index (χ4n) is 0.852. The largest absolute Gasteiger partial charge is 0.478 e. The molecular formula is C10H10ClNO2. The van der Waals surface area contributed by atoms with Gasteiger partial charge < -0.3 is 10.4 Å². The van der Waals surface area contributed by atoms with Crippen LogP contribution in [0.15, 0.2) is 36.4 Å². The van der Waals surface area contributed by atoms with Crippen LogP contribution >= 0.6 is 11.6 Å². The van der Waals surface area contributed by atoms with E-state index in [0.29, 0.717) is 5.02 Å². The molecule has 0 radical (unpaired) electrons. The highest BCUT2D eigenvalue weighted by Gasteiger charge is 2.02. The van der Waals surface area contributed by atoms with Gasteiger partial charge in [0, 0.05) is 22.8 Å². The van der Waals surface area contributed by atoms with E-state index >= 15 is 0 Å². The Morgan fingerprint density at radius 2 is 2.00 bits per heavy atom. The van der Waals surface area contributed by atoms with Crippen LogP contribution in [0.2, 0.25) is 5.02 Å². The van der Waals surface area contributed by atoms with Crippen molar-refractivity contribution >= 4 is 23.3 Å². The van der Waals surface area contributed by atoms with E-state index < -0.39 is 5.97 Å². The molecule has 1 rings (SSSR count). The van der Waals surface area contributed by atoms with Gasteiger partial charge in [-0.05, 0) is 24.3 Å². The molecule has 0 unspecified atom stereocenters. The molecule has 0 saturated heterocycles. The predicted molar refractivity (Wildman–Crippen MR) is 56.7 cm³/mol. The van der Waals surface area contributed by atoms with E-state index in [1.165, 1.54) is 0 Å². The van der Waals surface area contributed by atoms with Crippen molar-refractivity contribution in [3.8, 4) is 0 Å². The third-order valence-corrected chi connectivity index (χ3v) is 1.90. The molecule has 0 fully saturated rings. The summed E-state index contributed by atoms with van der Waals surface area (Å²) < 4.78 is 0. The Morgan fingerprint density at radius 1 is 1.43 bits per heavy atom. The van der Waals surface area contributed by atoms with Crippen LogP contribution in [-0.2, 0) is 4.79 Å². The second-order valence-electron chi connectivity index (χ2n) is 2.77. The molecule has 0 aromatic heterocycles. The first-order chi connectivity index (χ1) is 6.59. The van der Waals surface area contributed by atoms with Gasteiger partial charge in [-0.25, -0.2) is 4.79 Å². The Labute approximate surface area is 87.0 Å². The van der Waals surface area contributed by atoms with Gasteiger partial charge in [0.15, 0.2) is 0 Å². The molecule has 0 saturated carbocycles. The van der Waals surface area contributed by atoms with Gasteiger partial charge in [-0.1, -0.05) is 18.2 Å². The van der Waals surface area contributed by atoms with Crippen LogP contribution in [0.4, 0.5) is 5.69 Å². The SMILES string of the molecule is C=C(CNc1ccc(Cl)cc1)C(=O)O. The molecule has 0 aliphatic rings. The van der Waals surface area contributed by atoms with Crippen LogP contribution in [0.3, 0.4) is 0 Å². The topological polar surface area (TPSA) is 49.3 Å². The van der Waals surface area contributed by atoms with Gasteiger partial charge in [0.25, 0.3) is 0 Å². The molecule has 0 atom stereocenters. The molecule has 2 N–H and O–H groups in total. The lowest BCUT2D eigenvalue weighted by atomic mass is 10.3. The van der Waals surface area contributed by atoms with E-state index in [1.807, 2.05) is 0 Å². The molecule has 14 heavy (non-hydrogen) atoms. The van der Waals surface area contributed by atoms with Gasteiger partial charge in [0.2, 0.25) is 0 Å². The molecule has 4 heteroatoms. The zero-order valence-corrected chi connectivity index (χ0v) is 8.21. The van der Waals surface area contributed by atoms with E-state index in [4.69, 9.17) is 16.7 Å². The van der Waals surface area contributed by atoms with Crippen LogP contribution in [-0.4, -0.2) is 17.6 Å². The normalized spacial score (nSPS) is 9.50. The molecule has 0 aliphatic heterocycles. The molecule has 1 aromatic carbocycles. The van der Waals surface area contributed by atoms with Crippen molar-refractivity contribution in [3.05, 3.63) is 41.4 Å². The van der Waals surface area contributed by atoms with Gasteiger partial charge in [-0.2, -0.15) is 0 Å². The Balaban J connectivity index is 2.50. The maximum Gasteiger partial charge on any atom is 0.332 e. The smallest absolute Gasteiger partial charge is 0.332 e. The van der Waals surface area contributed by atoms with Crippen LogP contribution < -0.4 is 5.32 Å². The number of carboxylic acids is 1. The van der Waals surface area contributed by atoms with E-state index in [1.54, 1.807) is 24.3 Å². The maximum absolute atomic E-state index is 10.4. The van der Waals surface area contributed by atoms with E-state index in [-0.39, 0.29) is 12.1 Å². The standard InChI is InChI=1S/C10H10ClNO2/c1-7(10(13)14)6-12-9-4-2-8(11)3-5-9/h2-5,12H,1,6H2,(H,13,14). The van der Waals surface area contributed by atoms with Crippen molar-refractivity contribution in [2.24, 2.45) is 0 Å². The Morgan fingerprint density at radius 3 is 2.50 bits per heavy atom. The summed E-state index contributed by atoms with van der Waals surface area (Å²) in [6.07, 6.45) is 0. The molecular weight excluding hydrogens is 202 g/mol. The number of carbonyl (C=O) groups is 1. The van der Waals surface area contributed by atoms with Crippen molar-refractivity contribution in [2.45, 2.75) is 0 Å². The summed E-state index contributed by atoms with van der Waals surface area (Å²) >= 11 is 5.69. The number of carboxylic acid groups (broad SMARTS) is 1. The van der Waals surface area contributed by atoms with Gasteiger partial charge in [-0.3, -0.25) is 0 Å². The second kappa shape index (κ2) is 4.67. The average Bonchev–Trinajstić information content (AvgIpc) is 2.16. The Bertz CT molecular complexity index is 346. The Kier molecular flexibility index (Phi) is 3.54. The zero-order valence-electron chi connectivity index (χ0n) is 7.46. The van der Waals surface area contributed by atoms with Crippen LogP contribution in [0.5, 0.6) is 0 Å². The summed E-state index contributed by atoms with van der Waals surface area (Å²) in [5.41, 5.74) is 0.941.